The summed E-state index contributed by atoms with van der Waals surface area (Å²) in [5.41, 5.74) is 3.19. The van der Waals surface area contributed by atoms with E-state index in [4.69, 9.17) is 14.5 Å². The van der Waals surface area contributed by atoms with Crippen LogP contribution in [0.2, 0.25) is 0 Å². The molecule has 1 atom stereocenters. The third-order valence-corrected chi connectivity index (χ3v) is 7.72. The summed E-state index contributed by atoms with van der Waals surface area (Å²) in [6.07, 6.45) is 4.94. The number of methoxy groups -OCH3 is 1. The zero-order valence-electron chi connectivity index (χ0n) is 22.6. The third-order valence-electron chi connectivity index (χ3n) is 6.70. The average molecular weight is 555 g/mol. The van der Waals surface area contributed by atoms with Crippen molar-refractivity contribution in [3.8, 4) is 11.5 Å². The van der Waals surface area contributed by atoms with Crippen molar-refractivity contribution in [1.29, 1.82) is 0 Å². The van der Waals surface area contributed by atoms with E-state index in [1.807, 2.05) is 55.5 Å². The number of hydrogen-bond acceptors (Lipinski definition) is 7. The zero-order chi connectivity index (χ0) is 28.2. The molecule has 1 amide bonds. The first-order chi connectivity index (χ1) is 19.4. The Morgan fingerprint density at radius 2 is 1.90 bits per heavy atom. The van der Waals surface area contributed by atoms with Crippen LogP contribution in [0.4, 0.5) is 5.13 Å². The number of carbonyl (C=O) groups excluding carboxylic acids is 2. The van der Waals surface area contributed by atoms with Gasteiger partial charge < -0.3 is 14.6 Å². The molecule has 3 aromatic carbocycles. The van der Waals surface area contributed by atoms with E-state index in [2.05, 4.69) is 6.92 Å². The van der Waals surface area contributed by atoms with Crippen molar-refractivity contribution in [1.82, 2.24) is 4.98 Å². The van der Waals surface area contributed by atoms with Crippen LogP contribution >= 0.6 is 11.3 Å². The highest BCUT2D eigenvalue weighted by Gasteiger charge is 2.45. The highest BCUT2D eigenvalue weighted by atomic mass is 32.1. The normalized spacial score (nSPS) is 15.4. The van der Waals surface area contributed by atoms with Crippen LogP contribution in [0.3, 0.4) is 0 Å². The maximum atomic E-state index is 13.6. The molecule has 204 valence electrons. The van der Waals surface area contributed by atoms with Crippen molar-refractivity contribution in [3.05, 3.63) is 101 Å². The van der Waals surface area contributed by atoms with Crippen LogP contribution < -0.4 is 14.4 Å². The number of aromatic nitrogens is 1. The first-order valence-corrected chi connectivity index (χ1v) is 13.9. The van der Waals surface area contributed by atoms with E-state index < -0.39 is 23.5 Å². The van der Waals surface area contributed by atoms with E-state index >= 15 is 0 Å². The fourth-order valence-electron chi connectivity index (χ4n) is 4.62. The summed E-state index contributed by atoms with van der Waals surface area (Å²) in [5.74, 6) is -0.707. The second-order valence-corrected chi connectivity index (χ2v) is 10.5. The molecule has 1 unspecified atom stereocenters. The van der Waals surface area contributed by atoms with Gasteiger partial charge in [0.2, 0.25) is 0 Å². The number of aliphatic hydroxyl groups excluding tert-OH is 1. The van der Waals surface area contributed by atoms with Gasteiger partial charge in [-0.05, 0) is 60.4 Å². The number of ether oxygens (including phenoxy) is 2. The zero-order valence-corrected chi connectivity index (χ0v) is 23.4. The minimum Gasteiger partial charge on any atom is -0.503 e. The van der Waals surface area contributed by atoms with E-state index in [-0.39, 0.29) is 5.57 Å². The Kier molecular flexibility index (Phi) is 7.98. The fraction of sp³-hybridized carbons (Fsp3) is 0.219. The van der Waals surface area contributed by atoms with Crippen LogP contribution in [0.1, 0.15) is 42.5 Å². The Hall–Kier alpha value is -4.43. The first kappa shape index (κ1) is 27.1. The molecule has 1 aromatic heterocycles. The number of ketones is 1. The number of carbonyl (C=O) groups is 2. The smallest absolute Gasteiger partial charge is 0.296 e. The molecule has 1 aliphatic rings. The van der Waals surface area contributed by atoms with Gasteiger partial charge in [0.15, 0.2) is 28.2 Å². The minimum absolute atomic E-state index is 0.0191. The molecule has 0 radical (unpaired) electrons. The summed E-state index contributed by atoms with van der Waals surface area (Å²) in [6, 6.07) is 19.6. The molecule has 40 heavy (non-hydrogen) atoms. The topological polar surface area (TPSA) is 89.0 Å². The largest absolute Gasteiger partial charge is 0.503 e. The van der Waals surface area contributed by atoms with Gasteiger partial charge in [0, 0.05) is 0 Å². The van der Waals surface area contributed by atoms with Gasteiger partial charge in [-0.25, -0.2) is 4.98 Å². The van der Waals surface area contributed by atoms with E-state index in [9.17, 15) is 14.7 Å². The Morgan fingerprint density at radius 1 is 1.10 bits per heavy atom. The maximum Gasteiger partial charge on any atom is 0.296 e. The molecule has 0 fully saturated rings. The average Bonchev–Trinajstić information content (AvgIpc) is 3.50. The summed E-state index contributed by atoms with van der Waals surface area (Å²) < 4.78 is 12.4. The number of aryl methyl sites for hydroxylation is 1. The molecule has 7 nitrogen and oxygen atoms in total. The predicted octanol–water partition coefficient (Wildman–Crippen LogP) is 6.97. The lowest BCUT2D eigenvalue weighted by Crippen LogP contribution is -2.30. The number of rotatable bonds is 10. The van der Waals surface area contributed by atoms with Crippen molar-refractivity contribution in [2.24, 2.45) is 0 Å². The van der Waals surface area contributed by atoms with Gasteiger partial charge >= 0.3 is 0 Å². The number of aliphatic hydroxyl groups is 1. The van der Waals surface area contributed by atoms with Gasteiger partial charge in [-0.15, -0.1) is 0 Å². The molecule has 1 N–H and O–H groups in total. The van der Waals surface area contributed by atoms with Gasteiger partial charge in [-0.2, -0.15) is 0 Å². The standard InChI is InChI=1S/C32H30N2O5S/c1-4-5-17-39-25-16-13-22(19-26(25)38-3)29-28(24(35)15-12-21-9-7-6-8-10-21)30(36)31(37)34(29)32-33-23-14-11-20(2)18-27(23)40-32/h6-16,18-19,29,36H,4-5,17H2,1-3H3. The predicted molar refractivity (Wildman–Crippen MR) is 158 cm³/mol. The molecule has 2 heterocycles. The molecule has 4 aromatic rings. The fourth-order valence-corrected chi connectivity index (χ4v) is 5.71. The van der Waals surface area contributed by atoms with Crippen LogP contribution in [0, 0.1) is 6.92 Å². The lowest BCUT2D eigenvalue weighted by Gasteiger charge is -2.25. The molecule has 0 saturated carbocycles. The van der Waals surface area contributed by atoms with Crippen LogP contribution in [-0.2, 0) is 9.59 Å². The van der Waals surface area contributed by atoms with E-state index in [1.54, 1.807) is 31.4 Å². The van der Waals surface area contributed by atoms with Gasteiger partial charge in [0.05, 0.1) is 35.5 Å². The van der Waals surface area contributed by atoms with Crippen molar-refractivity contribution in [2.75, 3.05) is 18.6 Å². The van der Waals surface area contributed by atoms with Gasteiger partial charge in [-0.3, -0.25) is 14.5 Å². The number of unbranched alkanes of at least 4 members (excludes halogenated alkanes) is 1. The molecule has 0 spiro atoms. The van der Waals surface area contributed by atoms with Crippen LogP contribution in [0.25, 0.3) is 16.3 Å². The Morgan fingerprint density at radius 3 is 2.65 bits per heavy atom. The number of amides is 1. The monoisotopic (exact) mass is 554 g/mol. The van der Waals surface area contributed by atoms with Crippen LogP contribution in [0.15, 0.2) is 84.1 Å². The highest BCUT2D eigenvalue weighted by Crippen LogP contribution is 2.45. The SMILES string of the molecule is CCCCOc1ccc(C2C(C(=O)C=Cc3ccccc3)=C(O)C(=O)N2c2nc3ccc(C)cc3s2)cc1OC. The van der Waals surface area contributed by atoms with Crippen molar-refractivity contribution < 1.29 is 24.2 Å². The molecule has 0 aliphatic carbocycles. The number of anilines is 1. The number of hydrogen-bond donors (Lipinski definition) is 1. The highest BCUT2D eigenvalue weighted by molar-refractivity contribution is 7.22. The number of benzene rings is 3. The van der Waals surface area contributed by atoms with E-state index in [0.717, 1.165) is 34.2 Å². The summed E-state index contributed by atoms with van der Waals surface area (Å²) in [7, 11) is 1.54. The summed E-state index contributed by atoms with van der Waals surface area (Å²) in [6.45, 7) is 4.62. The number of nitrogens with zero attached hydrogens (tertiary/aromatic N) is 2. The van der Waals surface area contributed by atoms with E-state index in [0.29, 0.717) is 28.8 Å². The van der Waals surface area contributed by atoms with Crippen molar-refractivity contribution >= 4 is 44.5 Å². The van der Waals surface area contributed by atoms with Gasteiger partial charge in [0.1, 0.15) is 0 Å². The van der Waals surface area contributed by atoms with Crippen molar-refractivity contribution in [2.45, 2.75) is 32.7 Å². The van der Waals surface area contributed by atoms with Crippen molar-refractivity contribution in [3.63, 3.8) is 0 Å². The maximum absolute atomic E-state index is 13.6. The molecular formula is C32H30N2O5S. The number of fused-ring (bicyclic) bond motifs is 1. The molecule has 1 aliphatic heterocycles. The number of allylic oxidation sites excluding steroid dienone is 1. The molecule has 8 heteroatoms. The third kappa shape index (κ3) is 5.35. The van der Waals surface area contributed by atoms with Crippen LogP contribution in [-0.4, -0.2) is 35.5 Å². The summed E-state index contributed by atoms with van der Waals surface area (Å²) >= 11 is 1.33. The van der Waals surface area contributed by atoms with Gasteiger partial charge in [-0.1, -0.05) is 73.2 Å². The minimum atomic E-state index is -0.916. The lowest BCUT2D eigenvalue weighted by molar-refractivity contribution is -0.117. The summed E-state index contributed by atoms with van der Waals surface area (Å²) in [5, 5.41) is 11.5. The number of thiazole rings is 1. The second-order valence-electron chi connectivity index (χ2n) is 9.53. The molecule has 0 saturated heterocycles. The lowest BCUT2D eigenvalue weighted by atomic mass is 9.95. The molecule has 0 bridgehead atoms. The summed E-state index contributed by atoms with van der Waals surface area (Å²) in [4.78, 5) is 33.3. The van der Waals surface area contributed by atoms with Crippen LogP contribution in [0.5, 0.6) is 11.5 Å². The first-order valence-electron chi connectivity index (χ1n) is 13.1. The molecular weight excluding hydrogens is 524 g/mol. The van der Waals surface area contributed by atoms with Gasteiger partial charge in [0.25, 0.3) is 5.91 Å². The van der Waals surface area contributed by atoms with E-state index in [1.165, 1.54) is 22.3 Å². The quantitative estimate of drug-likeness (QED) is 0.168. The Labute approximate surface area is 237 Å². The Bertz CT molecular complexity index is 1620. The Balaban J connectivity index is 1.60. The second kappa shape index (κ2) is 11.8. The molecule has 5 rings (SSSR count).